The van der Waals surface area contributed by atoms with Gasteiger partial charge < -0.3 is 9.64 Å². The molecule has 0 spiro atoms. The number of aromatic nitrogens is 3. The van der Waals surface area contributed by atoms with Crippen molar-refractivity contribution < 1.29 is 9.66 Å². The first-order valence-electron chi connectivity index (χ1n) is 9.43. The molecule has 1 aromatic carbocycles. The lowest BCUT2D eigenvalue weighted by Crippen LogP contribution is -2.31. The van der Waals surface area contributed by atoms with Gasteiger partial charge in [-0.25, -0.2) is 0 Å². The number of nitro benzene ring substituents is 1. The number of ether oxygens (including phenoxy) is 1. The van der Waals surface area contributed by atoms with Crippen LogP contribution in [0.5, 0.6) is 5.75 Å². The fourth-order valence-electron chi connectivity index (χ4n) is 3.34. The number of rotatable bonds is 8. The van der Waals surface area contributed by atoms with E-state index in [1.54, 1.807) is 30.0 Å². The Morgan fingerprint density at radius 1 is 1.19 bits per heavy atom. The third-order valence-corrected chi connectivity index (χ3v) is 5.74. The van der Waals surface area contributed by atoms with Crippen LogP contribution < -0.4 is 9.64 Å². The highest BCUT2D eigenvalue weighted by Gasteiger charge is 2.32. The lowest BCUT2D eigenvalue weighted by atomic mass is 10.1. The summed E-state index contributed by atoms with van der Waals surface area (Å²) in [5.74, 6) is 1.97. The molecule has 8 nitrogen and oxygen atoms in total. The van der Waals surface area contributed by atoms with Gasteiger partial charge >= 0.3 is 5.69 Å². The molecule has 4 rings (SSSR count). The zero-order chi connectivity index (χ0) is 18.6. The normalized spacial score (nSPS) is 17.1. The second-order valence-electron chi connectivity index (χ2n) is 6.85. The Labute approximate surface area is 162 Å². The number of hydrogen-bond acceptors (Lipinski definition) is 7. The minimum absolute atomic E-state index is 0.00367. The van der Waals surface area contributed by atoms with Gasteiger partial charge in [0, 0.05) is 31.0 Å². The Morgan fingerprint density at radius 2 is 1.96 bits per heavy atom. The summed E-state index contributed by atoms with van der Waals surface area (Å²) in [4.78, 5) is 13.0. The summed E-state index contributed by atoms with van der Waals surface area (Å²) >= 11 is 1.60. The minimum atomic E-state index is -0.420. The van der Waals surface area contributed by atoms with Crippen LogP contribution in [0.3, 0.4) is 0 Å². The van der Waals surface area contributed by atoms with Crippen LogP contribution in [-0.2, 0) is 0 Å². The van der Waals surface area contributed by atoms with E-state index in [9.17, 15) is 10.1 Å². The van der Waals surface area contributed by atoms with E-state index in [0.717, 1.165) is 24.2 Å². The zero-order valence-corrected chi connectivity index (χ0v) is 15.9. The van der Waals surface area contributed by atoms with Crippen LogP contribution in [0, 0.1) is 10.1 Å². The van der Waals surface area contributed by atoms with E-state index in [1.807, 2.05) is 0 Å². The molecule has 0 bridgehead atoms. The van der Waals surface area contributed by atoms with Gasteiger partial charge in [0.25, 0.3) is 0 Å². The highest BCUT2D eigenvalue weighted by molar-refractivity contribution is 7.99. The Bertz CT molecular complexity index is 802. The van der Waals surface area contributed by atoms with E-state index in [2.05, 4.69) is 19.7 Å². The van der Waals surface area contributed by atoms with Gasteiger partial charge in [-0.05, 0) is 38.2 Å². The van der Waals surface area contributed by atoms with Gasteiger partial charge in [-0.3, -0.25) is 14.7 Å². The second kappa shape index (κ2) is 8.16. The van der Waals surface area contributed by atoms with Crippen molar-refractivity contribution in [3.05, 3.63) is 34.4 Å². The summed E-state index contributed by atoms with van der Waals surface area (Å²) in [6, 6.07) is 6.97. The largest absolute Gasteiger partial charge is 0.486 e. The summed E-state index contributed by atoms with van der Waals surface area (Å²) in [5.41, 5.74) is -0.00367. The number of anilines is 1. The number of thioether (sulfide) groups is 1. The lowest BCUT2D eigenvalue weighted by molar-refractivity contribution is -0.385. The predicted octanol–water partition coefficient (Wildman–Crippen LogP) is 3.68. The molecule has 2 heterocycles. The Kier molecular flexibility index (Phi) is 5.47. The summed E-state index contributed by atoms with van der Waals surface area (Å²) in [7, 11) is 0. The van der Waals surface area contributed by atoms with Crippen molar-refractivity contribution in [1.29, 1.82) is 0 Å². The highest BCUT2D eigenvalue weighted by Crippen LogP contribution is 2.41. The third-order valence-electron chi connectivity index (χ3n) is 4.83. The van der Waals surface area contributed by atoms with Crippen molar-refractivity contribution >= 4 is 23.4 Å². The van der Waals surface area contributed by atoms with E-state index < -0.39 is 4.92 Å². The highest BCUT2D eigenvalue weighted by atomic mass is 32.2. The van der Waals surface area contributed by atoms with E-state index in [4.69, 9.17) is 4.74 Å². The van der Waals surface area contributed by atoms with Gasteiger partial charge in [0.1, 0.15) is 0 Å². The minimum Gasteiger partial charge on any atom is -0.486 e. The van der Waals surface area contributed by atoms with Gasteiger partial charge in [-0.15, -0.1) is 10.2 Å². The molecule has 0 atom stereocenters. The standard InChI is InChI=1S/C18H23N5O3S/c24-23(25)15-6-2-3-7-16(15)26-12-13-27-18-20-19-17(22(18)14-8-9-14)21-10-4-1-5-11-21/h2-3,6-7,14H,1,4-5,8-13H2. The quantitative estimate of drug-likeness (QED) is 0.294. The van der Waals surface area contributed by atoms with Gasteiger partial charge in [0.15, 0.2) is 10.9 Å². The van der Waals surface area contributed by atoms with Crippen molar-refractivity contribution in [2.45, 2.75) is 43.3 Å². The zero-order valence-electron chi connectivity index (χ0n) is 15.1. The Hall–Kier alpha value is -2.29. The molecule has 0 N–H and O–H groups in total. The molecule has 0 amide bonds. The first-order valence-corrected chi connectivity index (χ1v) is 10.4. The SMILES string of the molecule is O=[N+]([O-])c1ccccc1OCCSc1nnc(N2CCCCC2)n1C1CC1. The fraction of sp³-hybridized carbons (Fsp3) is 0.556. The van der Waals surface area contributed by atoms with E-state index in [-0.39, 0.29) is 5.69 Å². The van der Waals surface area contributed by atoms with Crippen molar-refractivity contribution in [3.63, 3.8) is 0 Å². The van der Waals surface area contributed by atoms with Crippen LogP contribution >= 0.6 is 11.8 Å². The molecule has 1 aliphatic carbocycles. The molecule has 1 aromatic heterocycles. The molecule has 1 aliphatic heterocycles. The predicted molar refractivity (Wildman–Crippen MR) is 104 cm³/mol. The van der Waals surface area contributed by atoms with Crippen LogP contribution in [0.4, 0.5) is 11.6 Å². The number of nitrogens with zero attached hydrogens (tertiary/aromatic N) is 5. The van der Waals surface area contributed by atoms with Crippen LogP contribution in [-0.4, -0.2) is 45.1 Å². The molecule has 0 radical (unpaired) electrons. The molecule has 144 valence electrons. The van der Waals surface area contributed by atoms with Crippen molar-refractivity contribution in [1.82, 2.24) is 14.8 Å². The summed E-state index contributed by atoms with van der Waals surface area (Å²) in [6.45, 7) is 2.48. The van der Waals surface area contributed by atoms with E-state index >= 15 is 0 Å². The molecule has 0 unspecified atom stereocenters. The van der Waals surface area contributed by atoms with Crippen LogP contribution in [0.15, 0.2) is 29.4 Å². The third kappa shape index (κ3) is 4.18. The topological polar surface area (TPSA) is 86.3 Å². The first-order chi connectivity index (χ1) is 13.2. The number of benzene rings is 1. The molecular weight excluding hydrogens is 366 g/mol. The van der Waals surface area contributed by atoms with E-state index in [0.29, 0.717) is 24.2 Å². The molecule has 1 saturated carbocycles. The van der Waals surface area contributed by atoms with Gasteiger partial charge in [-0.1, -0.05) is 23.9 Å². The number of para-hydroxylation sites is 2. The van der Waals surface area contributed by atoms with Gasteiger partial charge in [0.2, 0.25) is 5.95 Å². The number of nitro groups is 1. The van der Waals surface area contributed by atoms with E-state index in [1.165, 1.54) is 38.2 Å². The maximum Gasteiger partial charge on any atom is 0.310 e. The maximum absolute atomic E-state index is 11.0. The lowest BCUT2D eigenvalue weighted by Gasteiger charge is -2.27. The smallest absolute Gasteiger partial charge is 0.310 e. The molecule has 2 aliphatic rings. The van der Waals surface area contributed by atoms with Crippen LogP contribution in [0.1, 0.15) is 38.1 Å². The average Bonchev–Trinajstić information content (AvgIpc) is 3.45. The monoisotopic (exact) mass is 389 g/mol. The maximum atomic E-state index is 11.0. The van der Waals surface area contributed by atoms with Crippen molar-refractivity contribution in [3.8, 4) is 5.75 Å². The van der Waals surface area contributed by atoms with Crippen LogP contribution in [0.2, 0.25) is 0 Å². The molecule has 27 heavy (non-hydrogen) atoms. The Balaban J connectivity index is 1.38. The summed E-state index contributed by atoms with van der Waals surface area (Å²) in [5, 5.41) is 20.8. The van der Waals surface area contributed by atoms with Crippen LogP contribution in [0.25, 0.3) is 0 Å². The molecule has 9 heteroatoms. The van der Waals surface area contributed by atoms with Gasteiger partial charge in [-0.2, -0.15) is 0 Å². The molecule has 2 fully saturated rings. The molecular formula is C18H23N5O3S. The summed E-state index contributed by atoms with van der Waals surface area (Å²) < 4.78 is 7.91. The number of hydrogen-bond donors (Lipinski definition) is 0. The molecule has 1 saturated heterocycles. The average molecular weight is 389 g/mol. The first kappa shape index (κ1) is 18.1. The van der Waals surface area contributed by atoms with Crippen molar-refractivity contribution in [2.75, 3.05) is 30.3 Å². The van der Waals surface area contributed by atoms with Gasteiger partial charge in [0.05, 0.1) is 11.5 Å². The molecule has 2 aromatic rings. The fourth-order valence-corrected chi connectivity index (χ4v) is 4.16. The number of piperidine rings is 1. The Morgan fingerprint density at radius 3 is 2.70 bits per heavy atom. The van der Waals surface area contributed by atoms with Crippen molar-refractivity contribution in [2.24, 2.45) is 0 Å². The summed E-state index contributed by atoms with van der Waals surface area (Å²) in [6.07, 6.45) is 6.07. The second-order valence-corrected chi connectivity index (χ2v) is 7.92.